The highest BCUT2D eigenvalue weighted by Crippen LogP contribution is 2.42. The SMILES string of the molecule is CCn1c(-c2ccccc2-c2cccc(OCC3(N)CC(N=N)C3)c2)cc(-c2ccccc2)c1-c1ccccc1.[HH]. The number of hydrogen-bond donors (Lipinski definition) is 2. The van der Waals surface area contributed by atoms with Crippen LogP contribution in [0.1, 0.15) is 21.2 Å². The van der Waals surface area contributed by atoms with Crippen molar-refractivity contribution >= 4 is 0 Å². The van der Waals surface area contributed by atoms with Crippen molar-refractivity contribution in [3.05, 3.63) is 115 Å². The first kappa shape index (κ1) is 25.8. The molecular weight excluding hydrogens is 492 g/mol. The lowest BCUT2D eigenvalue weighted by atomic mass is 9.74. The first-order chi connectivity index (χ1) is 19.6. The average molecular weight is 529 g/mol. The topological polar surface area (TPSA) is 76.4 Å². The van der Waals surface area contributed by atoms with E-state index >= 15 is 0 Å². The van der Waals surface area contributed by atoms with Crippen molar-refractivity contribution < 1.29 is 6.16 Å². The molecule has 1 saturated carbocycles. The third-order valence-electron chi connectivity index (χ3n) is 7.89. The molecular formula is C35H36N4O. The van der Waals surface area contributed by atoms with Gasteiger partial charge in [0, 0.05) is 24.8 Å². The van der Waals surface area contributed by atoms with Gasteiger partial charge in [-0.2, -0.15) is 5.11 Å². The van der Waals surface area contributed by atoms with Crippen LogP contribution in [-0.2, 0) is 6.54 Å². The third-order valence-corrected chi connectivity index (χ3v) is 7.89. The number of nitrogens with two attached hydrogens (primary N) is 1. The highest BCUT2D eigenvalue weighted by Gasteiger charge is 2.42. The Morgan fingerprint density at radius 3 is 2.10 bits per heavy atom. The average Bonchev–Trinajstić information content (AvgIpc) is 3.39. The molecule has 4 aromatic carbocycles. The van der Waals surface area contributed by atoms with Crippen molar-refractivity contribution in [3.8, 4) is 50.5 Å². The monoisotopic (exact) mass is 528 g/mol. The smallest absolute Gasteiger partial charge is 0.120 e. The van der Waals surface area contributed by atoms with E-state index in [9.17, 15) is 0 Å². The van der Waals surface area contributed by atoms with Gasteiger partial charge in [0.15, 0.2) is 0 Å². The maximum Gasteiger partial charge on any atom is 0.120 e. The van der Waals surface area contributed by atoms with Gasteiger partial charge in [-0.05, 0) is 60.2 Å². The predicted molar refractivity (Wildman–Crippen MR) is 165 cm³/mol. The molecule has 0 radical (unpaired) electrons. The van der Waals surface area contributed by atoms with E-state index in [2.05, 4.69) is 120 Å². The van der Waals surface area contributed by atoms with Crippen LogP contribution in [0.25, 0.3) is 44.8 Å². The van der Waals surface area contributed by atoms with E-state index in [0.29, 0.717) is 19.4 Å². The van der Waals surface area contributed by atoms with E-state index in [4.69, 9.17) is 16.0 Å². The molecule has 1 aliphatic carbocycles. The van der Waals surface area contributed by atoms with Crippen LogP contribution in [0.15, 0.2) is 120 Å². The molecule has 5 aromatic rings. The number of nitrogens with one attached hydrogen (secondary N) is 1. The Kier molecular flexibility index (Phi) is 7.06. The minimum atomic E-state index is -0.410. The van der Waals surface area contributed by atoms with Gasteiger partial charge in [0.2, 0.25) is 0 Å². The van der Waals surface area contributed by atoms with Crippen LogP contribution < -0.4 is 10.5 Å². The van der Waals surface area contributed by atoms with E-state index in [1.54, 1.807) is 0 Å². The summed E-state index contributed by atoms with van der Waals surface area (Å²) in [5.74, 6) is 0.796. The molecule has 0 unspecified atom stereocenters. The van der Waals surface area contributed by atoms with Crippen LogP contribution in [0, 0.1) is 5.53 Å². The summed E-state index contributed by atoms with van der Waals surface area (Å²) >= 11 is 0. The van der Waals surface area contributed by atoms with Crippen molar-refractivity contribution in [2.75, 3.05) is 6.61 Å². The zero-order valence-corrected chi connectivity index (χ0v) is 22.8. The lowest BCUT2D eigenvalue weighted by molar-refractivity contribution is 0.119. The number of benzene rings is 4. The van der Waals surface area contributed by atoms with Gasteiger partial charge >= 0.3 is 0 Å². The van der Waals surface area contributed by atoms with Gasteiger partial charge in [-0.15, -0.1) is 0 Å². The Morgan fingerprint density at radius 1 is 0.800 bits per heavy atom. The summed E-state index contributed by atoms with van der Waals surface area (Å²) in [6, 6.07) is 40.5. The quantitative estimate of drug-likeness (QED) is 0.188. The van der Waals surface area contributed by atoms with E-state index in [1.165, 1.54) is 33.6 Å². The van der Waals surface area contributed by atoms with Gasteiger partial charge in [0.05, 0.1) is 17.3 Å². The van der Waals surface area contributed by atoms with Crippen molar-refractivity contribution in [2.45, 2.75) is 37.9 Å². The number of aromatic nitrogens is 1. The maximum absolute atomic E-state index is 7.22. The molecule has 1 aliphatic rings. The normalized spacial score (nSPS) is 18.2. The number of hydrogen-bond acceptors (Lipinski definition) is 4. The van der Waals surface area contributed by atoms with Crippen molar-refractivity contribution in [1.82, 2.24) is 4.57 Å². The molecule has 0 saturated heterocycles. The molecule has 0 spiro atoms. The summed E-state index contributed by atoms with van der Waals surface area (Å²) in [5.41, 5.74) is 22.7. The molecule has 5 nitrogen and oxygen atoms in total. The summed E-state index contributed by atoms with van der Waals surface area (Å²) in [7, 11) is 0. The standard InChI is InChI=1S/C35H34N4O.H2/c1-2-39-33(21-32(25-12-5-3-6-13-25)34(39)26-14-7-4-8-15-26)31-19-10-9-18-30(31)27-16-11-17-29(20-27)40-24-35(36)22-28(23-35)38-37;/h3-21,28,37H,2,22-24,36H2,1H3;1H. The Hall–Kier alpha value is -4.48. The first-order valence-corrected chi connectivity index (χ1v) is 13.9. The van der Waals surface area contributed by atoms with Gasteiger partial charge in [0.25, 0.3) is 0 Å². The Labute approximate surface area is 237 Å². The molecule has 3 N–H and O–H groups in total. The molecule has 6 rings (SSSR count). The minimum Gasteiger partial charge on any atom is -0.492 e. The van der Waals surface area contributed by atoms with Crippen LogP contribution in [-0.4, -0.2) is 22.8 Å². The second-order valence-electron chi connectivity index (χ2n) is 10.7. The fourth-order valence-electron chi connectivity index (χ4n) is 5.87. The van der Waals surface area contributed by atoms with Gasteiger partial charge in [-0.1, -0.05) is 97.1 Å². The van der Waals surface area contributed by atoms with Crippen LogP contribution in [0.2, 0.25) is 0 Å². The molecule has 1 fully saturated rings. The summed E-state index contributed by atoms with van der Waals surface area (Å²) in [6.45, 7) is 3.47. The van der Waals surface area contributed by atoms with Gasteiger partial charge in [-0.3, -0.25) is 0 Å². The van der Waals surface area contributed by atoms with Crippen LogP contribution in [0.4, 0.5) is 0 Å². The molecule has 202 valence electrons. The van der Waals surface area contributed by atoms with E-state index < -0.39 is 5.54 Å². The van der Waals surface area contributed by atoms with E-state index in [1.807, 2.05) is 12.1 Å². The summed E-state index contributed by atoms with van der Waals surface area (Å²) in [5, 5.41) is 3.61. The summed E-state index contributed by atoms with van der Waals surface area (Å²) < 4.78 is 8.59. The second-order valence-corrected chi connectivity index (χ2v) is 10.7. The zero-order valence-electron chi connectivity index (χ0n) is 22.8. The van der Waals surface area contributed by atoms with E-state index in [-0.39, 0.29) is 7.47 Å². The van der Waals surface area contributed by atoms with Crippen LogP contribution in [0.5, 0.6) is 5.75 Å². The first-order valence-electron chi connectivity index (χ1n) is 13.9. The second kappa shape index (κ2) is 10.9. The molecule has 0 bridgehead atoms. The maximum atomic E-state index is 7.22. The molecule has 5 heteroatoms. The number of ether oxygens (including phenoxy) is 1. The molecule has 1 aromatic heterocycles. The molecule has 0 aliphatic heterocycles. The fraction of sp³-hybridized carbons (Fsp3) is 0.200. The lowest BCUT2D eigenvalue weighted by Crippen LogP contribution is -2.57. The van der Waals surface area contributed by atoms with Crippen molar-refractivity contribution in [3.63, 3.8) is 0 Å². The molecule has 0 amide bonds. The van der Waals surface area contributed by atoms with Crippen molar-refractivity contribution in [1.29, 1.82) is 5.53 Å². The Morgan fingerprint density at radius 2 is 1.43 bits per heavy atom. The van der Waals surface area contributed by atoms with Crippen LogP contribution >= 0.6 is 0 Å². The predicted octanol–water partition coefficient (Wildman–Crippen LogP) is 8.69. The number of rotatable bonds is 9. The summed E-state index contributed by atoms with van der Waals surface area (Å²) in [4.78, 5) is 0. The number of nitrogens with zero attached hydrogens (tertiary/aromatic N) is 2. The zero-order chi connectivity index (χ0) is 27.5. The van der Waals surface area contributed by atoms with E-state index in [0.717, 1.165) is 23.4 Å². The van der Waals surface area contributed by atoms with Gasteiger partial charge < -0.3 is 15.0 Å². The molecule has 0 atom stereocenters. The summed E-state index contributed by atoms with van der Waals surface area (Å²) in [6.07, 6.45) is 1.39. The largest absolute Gasteiger partial charge is 0.492 e. The third kappa shape index (κ3) is 4.96. The van der Waals surface area contributed by atoms with Gasteiger partial charge in [0.1, 0.15) is 12.4 Å². The lowest BCUT2D eigenvalue weighted by Gasteiger charge is -2.41. The van der Waals surface area contributed by atoms with Crippen molar-refractivity contribution in [2.24, 2.45) is 10.8 Å². The minimum absolute atomic E-state index is 0. The molecule has 1 heterocycles. The highest BCUT2D eigenvalue weighted by atomic mass is 16.5. The fourth-order valence-corrected chi connectivity index (χ4v) is 5.87. The van der Waals surface area contributed by atoms with Gasteiger partial charge in [-0.25, -0.2) is 5.53 Å². The van der Waals surface area contributed by atoms with Crippen LogP contribution in [0.3, 0.4) is 0 Å². The molecule has 40 heavy (non-hydrogen) atoms. The highest BCUT2D eigenvalue weighted by molar-refractivity contribution is 5.91. The Bertz CT molecular complexity index is 1630. The Balaban J connectivity index is 0.00000337.